The summed E-state index contributed by atoms with van der Waals surface area (Å²) in [6, 6.07) is 0. The Labute approximate surface area is 63.7 Å². The van der Waals surface area contributed by atoms with E-state index < -0.39 is 6.35 Å². The number of nitrogens with one attached hydrogen (secondary N) is 1. The molecule has 0 fully saturated rings. The summed E-state index contributed by atoms with van der Waals surface area (Å²) in [6.45, 7) is 0. The molecular weight excluding hydrogens is 144 g/mol. The maximum absolute atomic E-state index is 9.27. The highest BCUT2D eigenvalue weighted by molar-refractivity contribution is 5.69. The van der Waals surface area contributed by atoms with Gasteiger partial charge in [0.1, 0.15) is 6.33 Å². The third kappa shape index (κ3) is 0.813. The van der Waals surface area contributed by atoms with Crippen molar-refractivity contribution >= 4 is 11.5 Å². The molecule has 2 N–H and O–H groups in total. The van der Waals surface area contributed by atoms with E-state index in [0.717, 1.165) is 11.5 Å². The molecule has 0 aromatic carbocycles. The summed E-state index contributed by atoms with van der Waals surface area (Å²) in [7, 11) is 1.76. The van der Waals surface area contributed by atoms with E-state index in [2.05, 4.69) is 15.3 Å². The molecule has 1 aliphatic heterocycles. The number of nitrogens with zero attached hydrogens (tertiary/aromatic N) is 3. The first kappa shape index (κ1) is 6.36. The Bertz CT molecular complexity index is 277. The van der Waals surface area contributed by atoms with Gasteiger partial charge in [-0.15, -0.1) is 0 Å². The number of aromatic nitrogens is 2. The van der Waals surface area contributed by atoms with E-state index in [1.165, 1.54) is 6.33 Å². The van der Waals surface area contributed by atoms with Gasteiger partial charge in [0.25, 0.3) is 0 Å². The van der Waals surface area contributed by atoms with E-state index in [-0.39, 0.29) is 0 Å². The fraction of sp³-hybridized carbons (Fsp3) is 0.333. The quantitative estimate of drug-likeness (QED) is 0.530. The van der Waals surface area contributed by atoms with Gasteiger partial charge < -0.3 is 15.3 Å². The van der Waals surface area contributed by atoms with Crippen molar-refractivity contribution in [3.63, 3.8) is 0 Å². The molecule has 5 nitrogen and oxygen atoms in total. The molecule has 0 aliphatic carbocycles. The standard InChI is InChI=1S/C6H8N4O/c1-10-5-4(9-6(10)11)2-7-3-8-5/h2-3,6,9,11H,1H3. The van der Waals surface area contributed by atoms with Crippen LogP contribution in [0.3, 0.4) is 0 Å². The Balaban J connectivity index is 2.47. The smallest absolute Gasteiger partial charge is 0.206 e. The van der Waals surface area contributed by atoms with Crippen molar-refractivity contribution in [1.82, 2.24) is 9.97 Å². The Kier molecular flexibility index (Phi) is 1.19. The highest BCUT2D eigenvalue weighted by atomic mass is 16.3. The van der Waals surface area contributed by atoms with Gasteiger partial charge >= 0.3 is 0 Å². The van der Waals surface area contributed by atoms with Crippen LogP contribution >= 0.6 is 0 Å². The van der Waals surface area contributed by atoms with Crippen LogP contribution in [0.25, 0.3) is 0 Å². The van der Waals surface area contributed by atoms with E-state index in [4.69, 9.17) is 0 Å². The molecule has 2 heterocycles. The van der Waals surface area contributed by atoms with Gasteiger partial charge in [-0.1, -0.05) is 0 Å². The predicted molar refractivity (Wildman–Crippen MR) is 40.1 cm³/mol. The number of aliphatic hydroxyl groups is 1. The van der Waals surface area contributed by atoms with Crippen LogP contribution in [0.5, 0.6) is 0 Å². The predicted octanol–water partition coefficient (Wildman–Crippen LogP) is -0.386. The number of aliphatic hydroxyl groups excluding tert-OH is 1. The normalized spacial score (nSPS) is 21.3. The summed E-state index contributed by atoms with van der Waals surface area (Å²) in [6.07, 6.45) is 2.41. The van der Waals surface area contributed by atoms with E-state index in [1.54, 1.807) is 18.1 Å². The van der Waals surface area contributed by atoms with Crippen molar-refractivity contribution < 1.29 is 5.11 Å². The molecule has 0 radical (unpaired) electrons. The first-order valence-electron chi connectivity index (χ1n) is 3.26. The molecule has 1 atom stereocenters. The second-order valence-electron chi connectivity index (χ2n) is 2.39. The van der Waals surface area contributed by atoms with Crippen molar-refractivity contribution in [3.8, 4) is 0 Å². The minimum atomic E-state index is -0.679. The SMILES string of the molecule is CN1c2ncncc2NC1O. The number of hydrogen-bond acceptors (Lipinski definition) is 5. The average Bonchev–Trinajstić information content (AvgIpc) is 2.30. The minimum absolute atomic E-state index is 0.679. The van der Waals surface area contributed by atoms with Gasteiger partial charge in [0.05, 0.1) is 11.9 Å². The number of rotatable bonds is 0. The molecule has 1 unspecified atom stereocenters. The molecule has 1 aromatic heterocycles. The summed E-state index contributed by atoms with van der Waals surface area (Å²) < 4.78 is 0. The monoisotopic (exact) mass is 152 g/mol. The van der Waals surface area contributed by atoms with Crippen LogP contribution in [0, 0.1) is 0 Å². The Morgan fingerprint density at radius 3 is 3.27 bits per heavy atom. The lowest BCUT2D eigenvalue weighted by molar-refractivity contribution is 0.210. The van der Waals surface area contributed by atoms with Crippen molar-refractivity contribution in [1.29, 1.82) is 0 Å². The summed E-state index contributed by atoms with van der Waals surface area (Å²) in [5.41, 5.74) is 0.766. The molecule has 0 bridgehead atoms. The van der Waals surface area contributed by atoms with Gasteiger partial charge in [0.2, 0.25) is 6.35 Å². The van der Waals surface area contributed by atoms with Crippen molar-refractivity contribution in [2.75, 3.05) is 17.3 Å². The molecule has 0 saturated carbocycles. The lowest BCUT2D eigenvalue weighted by atomic mass is 10.5. The van der Waals surface area contributed by atoms with Crippen LogP contribution in [-0.2, 0) is 0 Å². The summed E-state index contributed by atoms with van der Waals surface area (Å²) in [5, 5.41) is 12.1. The Hall–Kier alpha value is -1.36. The topological polar surface area (TPSA) is 61.3 Å². The van der Waals surface area contributed by atoms with E-state index >= 15 is 0 Å². The number of hydrogen-bond donors (Lipinski definition) is 2. The molecular formula is C6H8N4O. The van der Waals surface area contributed by atoms with Crippen LogP contribution in [0.15, 0.2) is 12.5 Å². The molecule has 1 aromatic rings. The third-order valence-electron chi connectivity index (χ3n) is 1.68. The zero-order valence-corrected chi connectivity index (χ0v) is 6.02. The van der Waals surface area contributed by atoms with Crippen LogP contribution in [0.2, 0.25) is 0 Å². The number of fused-ring (bicyclic) bond motifs is 1. The molecule has 5 heteroatoms. The summed E-state index contributed by atoms with van der Waals surface area (Å²) in [5.74, 6) is 0.729. The van der Waals surface area contributed by atoms with Crippen molar-refractivity contribution in [2.24, 2.45) is 0 Å². The second-order valence-corrected chi connectivity index (χ2v) is 2.39. The third-order valence-corrected chi connectivity index (χ3v) is 1.68. The minimum Gasteiger partial charge on any atom is -0.356 e. The maximum Gasteiger partial charge on any atom is 0.206 e. The van der Waals surface area contributed by atoms with Gasteiger partial charge in [-0.25, -0.2) is 9.97 Å². The molecule has 0 amide bonds. The summed E-state index contributed by atoms with van der Waals surface area (Å²) >= 11 is 0. The maximum atomic E-state index is 9.27. The van der Waals surface area contributed by atoms with Crippen LogP contribution in [-0.4, -0.2) is 28.5 Å². The Morgan fingerprint density at radius 1 is 1.73 bits per heavy atom. The van der Waals surface area contributed by atoms with Crippen molar-refractivity contribution in [3.05, 3.63) is 12.5 Å². The molecule has 0 spiro atoms. The van der Waals surface area contributed by atoms with Crippen LogP contribution < -0.4 is 10.2 Å². The van der Waals surface area contributed by atoms with Gasteiger partial charge in [-0.2, -0.15) is 0 Å². The van der Waals surface area contributed by atoms with E-state index in [1.807, 2.05) is 0 Å². The van der Waals surface area contributed by atoms with E-state index in [9.17, 15) is 5.11 Å². The zero-order valence-electron chi connectivity index (χ0n) is 6.02. The molecule has 11 heavy (non-hydrogen) atoms. The van der Waals surface area contributed by atoms with Crippen LogP contribution in [0.1, 0.15) is 0 Å². The lowest BCUT2D eigenvalue weighted by Crippen LogP contribution is -2.31. The summed E-state index contributed by atoms with van der Waals surface area (Å²) in [4.78, 5) is 9.43. The Morgan fingerprint density at radius 2 is 2.55 bits per heavy atom. The van der Waals surface area contributed by atoms with Gasteiger partial charge in [-0.3, -0.25) is 0 Å². The zero-order chi connectivity index (χ0) is 7.84. The second kappa shape index (κ2) is 2.06. The van der Waals surface area contributed by atoms with Gasteiger partial charge in [0.15, 0.2) is 5.82 Å². The molecule has 2 rings (SSSR count). The fourth-order valence-corrected chi connectivity index (χ4v) is 1.06. The lowest BCUT2D eigenvalue weighted by Gasteiger charge is -2.13. The first-order chi connectivity index (χ1) is 5.29. The van der Waals surface area contributed by atoms with E-state index in [0.29, 0.717) is 0 Å². The molecule has 58 valence electrons. The fourth-order valence-electron chi connectivity index (χ4n) is 1.06. The molecule has 1 aliphatic rings. The van der Waals surface area contributed by atoms with Gasteiger partial charge in [0, 0.05) is 7.05 Å². The molecule has 0 saturated heterocycles. The highest BCUT2D eigenvalue weighted by Gasteiger charge is 2.24. The number of anilines is 2. The van der Waals surface area contributed by atoms with Crippen LogP contribution in [0.4, 0.5) is 11.5 Å². The average molecular weight is 152 g/mol. The first-order valence-corrected chi connectivity index (χ1v) is 3.26. The highest BCUT2D eigenvalue weighted by Crippen LogP contribution is 2.27. The largest absolute Gasteiger partial charge is 0.356 e. The van der Waals surface area contributed by atoms with Crippen molar-refractivity contribution in [2.45, 2.75) is 6.35 Å². The van der Waals surface area contributed by atoms with Gasteiger partial charge in [-0.05, 0) is 0 Å².